The lowest BCUT2D eigenvalue weighted by Gasteiger charge is -2.25. The molecule has 0 amide bonds. The van der Waals surface area contributed by atoms with Crippen molar-refractivity contribution in [3.05, 3.63) is 23.8 Å². The van der Waals surface area contributed by atoms with Crippen molar-refractivity contribution in [3.63, 3.8) is 0 Å². The van der Waals surface area contributed by atoms with Gasteiger partial charge in [0.2, 0.25) is 0 Å². The molecule has 0 radical (unpaired) electrons. The number of hydrogen-bond donors (Lipinski definition) is 1. The summed E-state index contributed by atoms with van der Waals surface area (Å²) in [5.41, 5.74) is 2.51. The Morgan fingerprint density at radius 3 is 3.27 bits per heavy atom. The van der Waals surface area contributed by atoms with Gasteiger partial charge in [0.1, 0.15) is 5.75 Å². The molecule has 2 unspecified atom stereocenters. The van der Waals surface area contributed by atoms with Crippen LogP contribution in [0.5, 0.6) is 5.75 Å². The lowest BCUT2D eigenvalue weighted by atomic mass is 9.92. The molecule has 0 aliphatic carbocycles. The van der Waals surface area contributed by atoms with Crippen LogP contribution in [0.4, 0.5) is 5.69 Å². The first kappa shape index (κ1) is 9.04. The van der Waals surface area contributed by atoms with Crippen LogP contribution in [0.3, 0.4) is 0 Å². The van der Waals surface area contributed by atoms with Gasteiger partial charge in [0.15, 0.2) is 0 Å². The van der Waals surface area contributed by atoms with E-state index in [0.717, 1.165) is 25.4 Å². The number of fused-ring (bicyclic) bond motifs is 3. The monoisotopic (exact) mass is 205 g/mol. The van der Waals surface area contributed by atoms with Crippen LogP contribution < -0.4 is 10.1 Å². The van der Waals surface area contributed by atoms with E-state index in [4.69, 9.17) is 9.47 Å². The molecule has 2 aliphatic rings. The molecule has 0 spiro atoms. The first-order valence-electron chi connectivity index (χ1n) is 5.41. The first-order valence-corrected chi connectivity index (χ1v) is 5.41. The number of nitrogens with one attached hydrogen (secondary N) is 1. The smallest absolute Gasteiger partial charge is 0.142 e. The maximum Gasteiger partial charge on any atom is 0.142 e. The minimum Gasteiger partial charge on any atom is -0.495 e. The first-order chi connectivity index (χ1) is 7.40. The average molecular weight is 205 g/mol. The number of ether oxygens (including phenoxy) is 2. The summed E-state index contributed by atoms with van der Waals surface area (Å²) in [5, 5.41) is 3.55. The third-order valence-electron chi connectivity index (χ3n) is 3.36. The van der Waals surface area contributed by atoms with Crippen molar-refractivity contribution in [1.82, 2.24) is 0 Å². The Bertz CT molecular complexity index is 378. The summed E-state index contributed by atoms with van der Waals surface area (Å²) in [6.45, 7) is 1.70. The molecule has 2 aliphatic heterocycles. The number of anilines is 1. The van der Waals surface area contributed by atoms with Crippen LogP contribution in [0, 0.1) is 0 Å². The fourth-order valence-corrected chi connectivity index (χ4v) is 2.58. The molecule has 1 N–H and O–H groups in total. The molecule has 3 heteroatoms. The third-order valence-corrected chi connectivity index (χ3v) is 3.36. The topological polar surface area (TPSA) is 30.5 Å². The summed E-state index contributed by atoms with van der Waals surface area (Å²) in [7, 11) is 1.72. The van der Waals surface area contributed by atoms with Gasteiger partial charge in [-0.25, -0.2) is 0 Å². The van der Waals surface area contributed by atoms with Gasteiger partial charge in [0.05, 0.1) is 19.4 Å². The Kier molecular flexibility index (Phi) is 2.06. The van der Waals surface area contributed by atoms with Crippen molar-refractivity contribution in [2.24, 2.45) is 0 Å². The van der Waals surface area contributed by atoms with E-state index in [9.17, 15) is 0 Å². The number of para-hydroxylation sites is 1. The van der Waals surface area contributed by atoms with Crippen molar-refractivity contribution in [1.29, 1.82) is 0 Å². The van der Waals surface area contributed by atoms with E-state index in [2.05, 4.69) is 17.4 Å². The highest BCUT2D eigenvalue weighted by Crippen LogP contribution is 2.43. The second-order valence-corrected chi connectivity index (χ2v) is 4.15. The highest BCUT2D eigenvalue weighted by molar-refractivity contribution is 5.68. The number of rotatable bonds is 1. The molecular formula is C12H15NO2. The molecule has 1 aromatic rings. The second kappa shape index (κ2) is 3.42. The van der Waals surface area contributed by atoms with Crippen LogP contribution in [-0.4, -0.2) is 26.4 Å². The van der Waals surface area contributed by atoms with E-state index >= 15 is 0 Å². The highest BCUT2D eigenvalue weighted by atomic mass is 16.5. The zero-order valence-corrected chi connectivity index (χ0v) is 8.82. The summed E-state index contributed by atoms with van der Waals surface area (Å²) < 4.78 is 10.9. The van der Waals surface area contributed by atoms with E-state index in [1.54, 1.807) is 7.11 Å². The Morgan fingerprint density at radius 1 is 1.47 bits per heavy atom. The Balaban J connectivity index is 2.03. The summed E-state index contributed by atoms with van der Waals surface area (Å²) >= 11 is 0. The minimum atomic E-state index is 0.504. The van der Waals surface area contributed by atoms with Crippen molar-refractivity contribution in [2.75, 3.05) is 25.6 Å². The normalized spacial score (nSPS) is 27.8. The van der Waals surface area contributed by atoms with E-state index in [-0.39, 0.29) is 0 Å². The van der Waals surface area contributed by atoms with Gasteiger partial charge < -0.3 is 14.8 Å². The number of methoxy groups -OCH3 is 1. The van der Waals surface area contributed by atoms with Crippen molar-refractivity contribution in [3.8, 4) is 5.75 Å². The molecule has 1 saturated heterocycles. The molecule has 2 heterocycles. The fourth-order valence-electron chi connectivity index (χ4n) is 2.58. The van der Waals surface area contributed by atoms with Crippen LogP contribution >= 0.6 is 0 Å². The minimum absolute atomic E-state index is 0.504. The van der Waals surface area contributed by atoms with Gasteiger partial charge in [-0.3, -0.25) is 0 Å². The van der Waals surface area contributed by atoms with E-state index in [1.807, 2.05) is 6.07 Å². The zero-order chi connectivity index (χ0) is 10.3. The molecular weight excluding hydrogens is 190 g/mol. The van der Waals surface area contributed by atoms with Gasteiger partial charge in [0.25, 0.3) is 0 Å². The molecule has 3 rings (SSSR count). The third kappa shape index (κ3) is 1.30. The molecule has 2 atom stereocenters. The second-order valence-electron chi connectivity index (χ2n) is 4.15. The average Bonchev–Trinajstić information content (AvgIpc) is 2.67. The van der Waals surface area contributed by atoms with Crippen LogP contribution in [0.2, 0.25) is 0 Å². The van der Waals surface area contributed by atoms with Crippen molar-refractivity contribution < 1.29 is 9.47 Å². The number of hydrogen-bond acceptors (Lipinski definition) is 3. The van der Waals surface area contributed by atoms with Crippen LogP contribution in [0.15, 0.2) is 18.2 Å². The van der Waals surface area contributed by atoms with Gasteiger partial charge in [-0.1, -0.05) is 12.1 Å². The summed E-state index contributed by atoms with van der Waals surface area (Å²) in [5.74, 6) is 1.45. The van der Waals surface area contributed by atoms with E-state index < -0.39 is 0 Å². The van der Waals surface area contributed by atoms with Crippen LogP contribution in [0.25, 0.3) is 0 Å². The molecule has 0 saturated carbocycles. The Labute approximate surface area is 89.4 Å². The van der Waals surface area contributed by atoms with Gasteiger partial charge >= 0.3 is 0 Å². The van der Waals surface area contributed by atoms with Crippen molar-refractivity contribution >= 4 is 5.69 Å². The summed E-state index contributed by atoms with van der Waals surface area (Å²) in [6, 6.07) is 6.76. The van der Waals surface area contributed by atoms with E-state index in [1.165, 1.54) is 11.3 Å². The quantitative estimate of drug-likeness (QED) is 0.760. The predicted molar refractivity (Wildman–Crippen MR) is 58.6 cm³/mol. The Hall–Kier alpha value is -1.22. The molecule has 1 fully saturated rings. The Morgan fingerprint density at radius 2 is 2.40 bits per heavy atom. The molecule has 0 bridgehead atoms. The standard InChI is InChI=1S/C12H15NO2/c1-14-11-4-2-3-8-9-7-15-6-5-10(9)13-12(8)11/h2-4,9-10,13H,5-7H2,1H3. The molecule has 3 nitrogen and oxygen atoms in total. The summed E-state index contributed by atoms with van der Waals surface area (Å²) in [6.07, 6.45) is 1.09. The van der Waals surface area contributed by atoms with Crippen molar-refractivity contribution in [2.45, 2.75) is 18.4 Å². The van der Waals surface area contributed by atoms with Gasteiger partial charge in [0, 0.05) is 18.6 Å². The maximum absolute atomic E-state index is 5.53. The van der Waals surface area contributed by atoms with Crippen LogP contribution in [-0.2, 0) is 4.74 Å². The summed E-state index contributed by atoms with van der Waals surface area (Å²) in [4.78, 5) is 0. The van der Waals surface area contributed by atoms with Gasteiger partial charge in [-0.05, 0) is 18.1 Å². The van der Waals surface area contributed by atoms with Gasteiger partial charge in [-0.2, -0.15) is 0 Å². The van der Waals surface area contributed by atoms with Gasteiger partial charge in [-0.15, -0.1) is 0 Å². The predicted octanol–water partition coefficient (Wildman–Crippen LogP) is 1.99. The SMILES string of the molecule is COc1cccc2c1NC1CCOCC21. The molecule has 80 valence electrons. The molecule has 1 aromatic carbocycles. The highest BCUT2D eigenvalue weighted by Gasteiger charge is 2.35. The lowest BCUT2D eigenvalue weighted by Crippen LogP contribution is -2.30. The van der Waals surface area contributed by atoms with Crippen LogP contribution in [0.1, 0.15) is 17.9 Å². The lowest BCUT2D eigenvalue weighted by molar-refractivity contribution is 0.0769. The molecule has 0 aromatic heterocycles. The molecule has 15 heavy (non-hydrogen) atoms. The fraction of sp³-hybridized carbons (Fsp3) is 0.500. The number of benzene rings is 1. The zero-order valence-electron chi connectivity index (χ0n) is 8.82. The largest absolute Gasteiger partial charge is 0.495 e. The maximum atomic E-state index is 5.53. The van der Waals surface area contributed by atoms with E-state index in [0.29, 0.717) is 12.0 Å².